The molecule has 0 spiro atoms. The van der Waals surface area contributed by atoms with Gasteiger partial charge in [0.05, 0.1) is 0 Å². The van der Waals surface area contributed by atoms with Crippen LogP contribution in [0.2, 0.25) is 0 Å². The highest BCUT2D eigenvalue weighted by atomic mass is 16.5. The average molecular weight is 216 g/mol. The molecular formula is C12H24O3. The minimum atomic E-state index is -0.699. The Bertz CT molecular complexity index is 146. The fraction of sp³-hybridized carbons (Fsp3) is 0.917. The molecule has 0 unspecified atom stereocenters. The molecule has 0 aromatic heterocycles. The molecule has 90 valence electrons. The summed E-state index contributed by atoms with van der Waals surface area (Å²) in [6.07, 6.45) is 7.98. The number of carboxylic acid groups (broad SMARTS) is 1. The molecule has 15 heavy (non-hydrogen) atoms. The van der Waals surface area contributed by atoms with Gasteiger partial charge in [0.15, 0.2) is 0 Å². The Kier molecular flexibility index (Phi) is 11.1. The Hall–Kier alpha value is -0.570. The molecule has 0 saturated carbocycles. The van der Waals surface area contributed by atoms with E-state index in [9.17, 15) is 4.79 Å². The van der Waals surface area contributed by atoms with Crippen molar-refractivity contribution >= 4 is 5.97 Å². The number of carbonyl (C=O) groups is 1. The van der Waals surface area contributed by atoms with Crippen molar-refractivity contribution in [1.82, 2.24) is 0 Å². The molecule has 0 aliphatic carbocycles. The summed E-state index contributed by atoms with van der Waals surface area (Å²) < 4.78 is 5.44. The number of hydrogen-bond donors (Lipinski definition) is 1. The quantitative estimate of drug-likeness (QED) is 0.539. The van der Waals surface area contributed by atoms with Gasteiger partial charge in [0, 0.05) is 19.6 Å². The molecule has 0 heterocycles. The van der Waals surface area contributed by atoms with Gasteiger partial charge in [-0.25, -0.2) is 0 Å². The first kappa shape index (κ1) is 14.4. The van der Waals surface area contributed by atoms with Gasteiger partial charge in [-0.2, -0.15) is 0 Å². The Balaban J connectivity index is 2.89. The van der Waals surface area contributed by atoms with Gasteiger partial charge in [-0.05, 0) is 19.3 Å². The van der Waals surface area contributed by atoms with Gasteiger partial charge in [0.1, 0.15) is 0 Å². The molecule has 1 N–H and O–H groups in total. The predicted octanol–water partition coefficient (Wildman–Crippen LogP) is 3.23. The third-order valence-corrected chi connectivity index (χ3v) is 2.32. The first-order chi connectivity index (χ1) is 7.27. The normalized spacial score (nSPS) is 10.5. The van der Waals surface area contributed by atoms with E-state index >= 15 is 0 Å². The lowest BCUT2D eigenvalue weighted by Gasteiger charge is -2.03. The summed E-state index contributed by atoms with van der Waals surface area (Å²) in [4.78, 5) is 10.2. The van der Waals surface area contributed by atoms with E-state index in [-0.39, 0.29) is 6.42 Å². The van der Waals surface area contributed by atoms with E-state index in [0.717, 1.165) is 38.9 Å². The SMILES string of the molecule is CCCCCCOCCCCCC(=O)O. The summed E-state index contributed by atoms with van der Waals surface area (Å²) in [6.45, 7) is 3.84. The van der Waals surface area contributed by atoms with Gasteiger partial charge < -0.3 is 9.84 Å². The summed E-state index contributed by atoms with van der Waals surface area (Å²) in [7, 11) is 0. The van der Waals surface area contributed by atoms with Crippen molar-refractivity contribution in [1.29, 1.82) is 0 Å². The van der Waals surface area contributed by atoms with Crippen LogP contribution in [0.4, 0.5) is 0 Å². The summed E-state index contributed by atoms with van der Waals surface area (Å²) in [6, 6.07) is 0. The van der Waals surface area contributed by atoms with E-state index in [2.05, 4.69) is 6.92 Å². The first-order valence-corrected chi connectivity index (χ1v) is 6.07. The zero-order chi connectivity index (χ0) is 11.4. The number of hydrogen-bond acceptors (Lipinski definition) is 2. The highest BCUT2D eigenvalue weighted by molar-refractivity contribution is 5.66. The van der Waals surface area contributed by atoms with E-state index in [1.54, 1.807) is 0 Å². The summed E-state index contributed by atoms with van der Waals surface area (Å²) >= 11 is 0. The second-order valence-corrected chi connectivity index (χ2v) is 3.88. The van der Waals surface area contributed by atoms with Crippen molar-refractivity contribution in [2.24, 2.45) is 0 Å². The van der Waals surface area contributed by atoms with Gasteiger partial charge in [0.2, 0.25) is 0 Å². The lowest BCUT2D eigenvalue weighted by molar-refractivity contribution is -0.137. The molecule has 0 radical (unpaired) electrons. The smallest absolute Gasteiger partial charge is 0.303 e. The largest absolute Gasteiger partial charge is 0.481 e. The molecular weight excluding hydrogens is 192 g/mol. The molecule has 3 nitrogen and oxygen atoms in total. The standard InChI is InChI=1S/C12H24O3/c1-2-3-4-7-10-15-11-8-5-6-9-12(13)14/h2-11H2,1H3,(H,13,14). The van der Waals surface area contributed by atoms with Crippen LogP contribution in [-0.4, -0.2) is 24.3 Å². The maximum Gasteiger partial charge on any atom is 0.303 e. The van der Waals surface area contributed by atoms with Crippen molar-refractivity contribution in [3.8, 4) is 0 Å². The predicted molar refractivity (Wildman–Crippen MR) is 61.1 cm³/mol. The Morgan fingerprint density at radius 3 is 2.13 bits per heavy atom. The number of carboxylic acids is 1. The second-order valence-electron chi connectivity index (χ2n) is 3.88. The van der Waals surface area contributed by atoms with Crippen LogP contribution in [0, 0.1) is 0 Å². The van der Waals surface area contributed by atoms with Crippen molar-refractivity contribution in [3.05, 3.63) is 0 Å². The van der Waals surface area contributed by atoms with Crippen LogP contribution in [0.3, 0.4) is 0 Å². The molecule has 0 aromatic rings. The molecule has 0 bridgehead atoms. The van der Waals surface area contributed by atoms with E-state index < -0.39 is 5.97 Å². The van der Waals surface area contributed by atoms with Crippen LogP contribution in [-0.2, 0) is 9.53 Å². The maximum atomic E-state index is 10.2. The van der Waals surface area contributed by atoms with Gasteiger partial charge in [-0.15, -0.1) is 0 Å². The highest BCUT2D eigenvalue weighted by Crippen LogP contribution is 2.02. The van der Waals surface area contributed by atoms with Crippen molar-refractivity contribution in [3.63, 3.8) is 0 Å². The maximum absolute atomic E-state index is 10.2. The molecule has 0 saturated heterocycles. The van der Waals surface area contributed by atoms with Crippen LogP contribution >= 0.6 is 0 Å². The lowest BCUT2D eigenvalue weighted by Crippen LogP contribution is -1.98. The zero-order valence-electron chi connectivity index (χ0n) is 9.83. The summed E-state index contributed by atoms with van der Waals surface area (Å²) in [5.41, 5.74) is 0. The molecule has 0 rings (SSSR count). The molecule has 0 atom stereocenters. The number of rotatable bonds is 11. The molecule has 3 heteroatoms. The van der Waals surface area contributed by atoms with Crippen LogP contribution in [0.5, 0.6) is 0 Å². The lowest BCUT2D eigenvalue weighted by atomic mass is 10.2. The third-order valence-electron chi connectivity index (χ3n) is 2.32. The number of unbranched alkanes of at least 4 members (excludes halogenated alkanes) is 5. The van der Waals surface area contributed by atoms with Crippen LogP contribution < -0.4 is 0 Å². The third kappa shape index (κ3) is 13.4. The zero-order valence-corrected chi connectivity index (χ0v) is 9.83. The molecule has 0 fully saturated rings. The van der Waals surface area contributed by atoms with Crippen LogP contribution in [0.1, 0.15) is 58.3 Å². The second kappa shape index (κ2) is 11.5. The van der Waals surface area contributed by atoms with Crippen molar-refractivity contribution < 1.29 is 14.6 Å². The van der Waals surface area contributed by atoms with Crippen LogP contribution in [0.25, 0.3) is 0 Å². The minimum Gasteiger partial charge on any atom is -0.481 e. The van der Waals surface area contributed by atoms with Gasteiger partial charge in [0.25, 0.3) is 0 Å². The van der Waals surface area contributed by atoms with E-state index in [0.29, 0.717) is 0 Å². The Morgan fingerprint density at radius 1 is 1.00 bits per heavy atom. The molecule has 0 aliphatic rings. The Labute approximate surface area is 92.8 Å². The molecule has 0 aromatic carbocycles. The van der Waals surface area contributed by atoms with Crippen LogP contribution in [0.15, 0.2) is 0 Å². The van der Waals surface area contributed by atoms with Gasteiger partial charge >= 0.3 is 5.97 Å². The fourth-order valence-corrected chi connectivity index (χ4v) is 1.39. The van der Waals surface area contributed by atoms with Gasteiger partial charge in [-0.1, -0.05) is 32.6 Å². The number of aliphatic carboxylic acids is 1. The summed E-state index contributed by atoms with van der Waals surface area (Å²) in [5.74, 6) is -0.699. The highest BCUT2D eigenvalue weighted by Gasteiger charge is 1.96. The topological polar surface area (TPSA) is 46.5 Å². The van der Waals surface area contributed by atoms with Gasteiger partial charge in [-0.3, -0.25) is 4.79 Å². The van der Waals surface area contributed by atoms with Crippen molar-refractivity contribution in [2.75, 3.05) is 13.2 Å². The number of ether oxygens (including phenoxy) is 1. The monoisotopic (exact) mass is 216 g/mol. The van der Waals surface area contributed by atoms with Crippen molar-refractivity contribution in [2.45, 2.75) is 58.3 Å². The average Bonchev–Trinajstić information content (AvgIpc) is 2.20. The van der Waals surface area contributed by atoms with E-state index in [1.165, 1.54) is 19.3 Å². The molecule has 0 aliphatic heterocycles. The first-order valence-electron chi connectivity index (χ1n) is 6.07. The van der Waals surface area contributed by atoms with E-state index in [1.807, 2.05) is 0 Å². The Morgan fingerprint density at radius 2 is 1.60 bits per heavy atom. The fourth-order valence-electron chi connectivity index (χ4n) is 1.39. The molecule has 0 amide bonds. The minimum absolute atomic E-state index is 0.288. The van der Waals surface area contributed by atoms with E-state index in [4.69, 9.17) is 9.84 Å². The summed E-state index contributed by atoms with van der Waals surface area (Å²) in [5, 5.41) is 8.41.